The van der Waals surface area contributed by atoms with Crippen LogP contribution in [0.15, 0.2) is 11.7 Å². The molecule has 1 saturated carbocycles. The van der Waals surface area contributed by atoms with Crippen molar-refractivity contribution in [3.63, 3.8) is 0 Å². The zero-order valence-corrected chi connectivity index (χ0v) is 12.1. The van der Waals surface area contributed by atoms with E-state index in [-0.39, 0.29) is 5.41 Å². The van der Waals surface area contributed by atoms with Crippen LogP contribution in [-0.2, 0) is 0 Å². The van der Waals surface area contributed by atoms with Gasteiger partial charge in [-0.25, -0.2) is 0 Å². The van der Waals surface area contributed by atoms with Gasteiger partial charge in [0.2, 0.25) is 0 Å². The molecule has 1 aliphatic carbocycles. The molecule has 3 nitrogen and oxygen atoms in total. The minimum Gasteiger partial charge on any atom is -0.387 e. The summed E-state index contributed by atoms with van der Waals surface area (Å²) in [6.45, 7) is 5.15. The van der Waals surface area contributed by atoms with Crippen LogP contribution in [-0.4, -0.2) is 16.6 Å². The molecule has 0 amide bonds. The number of rotatable bonds is 4. The first-order valence-electron chi connectivity index (χ1n) is 6.85. The first-order chi connectivity index (χ1) is 8.59. The number of nitrogens with zero attached hydrogens (tertiary/aromatic N) is 1. The summed E-state index contributed by atoms with van der Waals surface area (Å²) < 4.78 is 0. The predicted octanol–water partition coefficient (Wildman–Crippen LogP) is 2.97. The quantitative estimate of drug-likeness (QED) is 0.882. The summed E-state index contributed by atoms with van der Waals surface area (Å²) in [5, 5.41) is 10.6. The Morgan fingerprint density at radius 1 is 1.50 bits per heavy atom. The summed E-state index contributed by atoms with van der Waals surface area (Å²) in [6, 6.07) is 0. The number of thiazole rings is 1. The van der Waals surface area contributed by atoms with Gasteiger partial charge in [-0.05, 0) is 37.5 Å². The van der Waals surface area contributed by atoms with Crippen molar-refractivity contribution in [2.75, 3.05) is 6.54 Å². The molecule has 0 aromatic carbocycles. The van der Waals surface area contributed by atoms with E-state index in [9.17, 15) is 5.11 Å². The van der Waals surface area contributed by atoms with E-state index >= 15 is 0 Å². The van der Waals surface area contributed by atoms with Gasteiger partial charge < -0.3 is 10.8 Å². The Labute approximate surface area is 113 Å². The maximum atomic E-state index is 10.6. The standard InChI is InChI=1S/C14H24N2OS/c1-10(2)11-3-5-14(8-15,6-4-11)13(17)12-7-16-9-18-12/h7,9-11,13,17H,3-6,8,15H2,1-2H3. The predicted molar refractivity (Wildman–Crippen MR) is 75.4 cm³/mol. The molecule has 1 heterocycles. The maximum Gasteiger partial charge on any atom is 0.0966 e. The summed E-state index contributed by atoms with van der Waals surface area (Å²) in [6.07, 6.45) is 5.77. The van der Waals surface area contributed by atoms with Crippen LogP contribution in [0.25, 0.3) is 0 Å². The second-order valence-electron chi connectivity index (χ2n) is 5.95. The van der Waals surface area contributed by atoms with Crippen LogP contribution >= 0.6 is 11.3 Å². The van der Waals surface area contributed by atoms with E-state index < -0.39 is 6.10 Å². The van der Waals surface area contributed by atoms with Gasteiger partial charge in [0, 0.05) is 18.2 Å². The van der Waals surface area contributed by atoms with Crippen molar-refractivity contribution < 1.29 is 5.11 Å². The highest BCUT2D eigenvalue weighted by molar-refractivity contribution is 7.09. The Hall–Kier alpha value is -0.450. The Morgan fingerprint density at radius 2 is 2.17 bits per heavy atom. The normalized spacial score (nSPS) is 30.6. The molecule has 1 unspecified atom stereocenters. The molecule has 0 radical (unpaired) electrons. The highest BCUT2D eigenvalue weighted by atomic mass is 32.1. The minimum absolute atomic E-state index is 0.127. The fourth-order valence-corrected chi connectivity index (χ4v) is 3.88. The summed E-state index contributed by atoms with van der Waals surface area (Å²) in [4.78, 5) is 5.03. The van der Waals surface area contributed by atoms with Gasteiger partial charge in [0.1, 0.15) is 0 Å². The Morgan fingerprint density at radius 3 is 2.61 bits per heavy atom. The molecule has 0 saturated heterocycles. The van der Waals surface area contributed by atoms with Gasteiger partial charge in [0.15, 0.2) is 0 Å². The third kappa shape index (κ3) is 2.60. The number of aromatic nitrogens is 1. The summed E-state index contributed by atoms with van der Waals surface area (Å²) in [7, 11) is 0. The highest BCUT2D eigenvalue weighted by Gasteiger charge is 2.41. The van der Waals surface area contributed by atoms with Crippen molar-refractivity contribution in [3.8, 4) is 0 Å². The first kappa shape index (κ1) is 14.0. The lowest BCUT2D eigenvalue weighted by molar-refractivity contribution is -0.0128. The second kappa shape index (κ2) is 5.68. The lowest BCUT2D eigenvalue weighted by Gasteiger charge is -2.43. The fraction of sp³-hybridized carbons (Fsp3) is 0.786. The fourth-order valence-electron chi connectivity index (χ4n) is 3.13. The Kier molecular flexibility index (Phi) is 4.41. The third-order valence-electron chi connectivity index (χ3n) is 4.68. The maximum absolute atomic E-state index is 10.6. The highest BCUT2D eigenvalue weighted by Crippen LogP contribution is 2.48. The van der Waals surface area contributed by atoms with E-state index in [1.54, 1.807) is 11.7 Å². The van der Waals surface area contributed by atoms with Gasteiger partial charge >= 0.3 is 0 Å². The summed E-state index contributed by atoms with van der Waals surface area (Å²) in [5.74, 6) is 1.53. The molecule has 0 spiro atoms. The number of nitrogens with two attached hydrogens (primary N) is 1. The number of hydrogen-bond donors (Lipinski definition) is 2. The van der Waals surface area contributed by atoms with Crippen molar-refractivity contribution in [2.24, 2.45) is 23.0 Å². The molecular weight excluding hydrogens is 244 g/mol. The molecule has 0 bridgehead atoms. The summed E-state index contributed by atoms with van der Waals surface area (Å²) >= 11 is 1.53. The average Bonchev–Trinajstić information content (AvgIpc) is 2.91. The Balaban J connectivity index is 2.09. The van der Waals surface area contributed by atoms with Crippen molar-refractivity contribution in [2.45, 2.75) is 45.6 Å². The van der Waals surface area contributed by atoms with Gasteiger partial charge in [-0.15, -0.1) is 11.3 Å². The van der Waals surface area contributed by atoms with Crippen LogP contribution in [0, 0.1) is 17.3 Å². The topological polar surface area (TPSA) is 59.1 Å². The van der Waals surface area contributed by atoms with E-state index in [0.29, 0.717) is 6.54 Å². The first-order valence-corrected chi connectivity index (χ1v) is 7.73. The third-order valence-corrected chi connectivity index (χ3v) is 5.50. The molecule has 1 aliphatic rings. The average molecular weight is 268 g/mol. The van der Waals surface area contributed by atoms with Gasteiger partial charge in [-0.2, -0.15) is 0 Å². The van der Waals surface area contributed by atoms with E-state index in [2.05, 4.69) is 18.8 Å². The smallest absolute Gasteiger partial charge is 0.0966 e. The molecular formula is C14H24N2OS. The van der Waals surface area contributed by atoms with Gasteiger partial charge in [0.25, 0.3) is 0 Å². The van der Waals surface area contributed by atoms with Gasteiger partial charge in [-0.1, -0.05) is 13.8 Å². The molecule has 4 heteroatoms. The lowest BCUT2D eigenvalue weighted by atomic mass is 9.65. The van der Waals surface area contributed by atoms with E-state index in [0.717, 1.165) is 29.6 Å². The number of aliphatic hydroxyl groups excluding tert-OH is 1. The van der Waals surface area contributed by atoms with Crippen molar-refractivity contribution in [1.29, 1.82) is 0 Å². The van der Waals surface area contributed by atoms with Crippen molar-refractivity contribution in [1.82, 2.24) is 4.98 Å². The Bertz CT molecular complexity index is 356. The van der Waals surface area contributed by atoms with Crippen LogP contribution in [0.4, 0.5) is 0 Å². The molecule has 1 aromatic heterocycles. The number of hydrogen-bond acceptors (Lipinski definition) is 4. The molecule has 1 aromatic rings. The van der Waals surface area contributed by atoms with Crippen molar-refractivity contribution >= 4 is 11.3 Å². The van der Waals surface area contributed by atoms with Crippen LogP contribution in [0.1, 0.15) is 50.5 Å². The molecule has 1 atom stereocenters. The lowest BCUT2D eigenvalue weighted by Crippen LogP contribution is -2.40. The van der Waals surface area contributed by atoms with Crippen LogP contribution in [0.3, 0.4) is 0 Å². The van der Waals surface area contributed by atoms with E-state index in [4.69, 9.17) is 5.73 Å². The largest absolute Gasteiger partial charge is 0.387 e. The molecule has 102 valence electrons. The molecule has 2 rings (SSSR count). The molecule has 18 heavy (non-hydrogen) atoms. The van der Waals surface area contributed by atoms with Gasteiger partial charge in [0.05, 0.1) is 16.5 Å². The van der Waals surface area contributed by atoms with Crippen LogP contribution in [0.5, 0.6) is 0 Å². The van der Waals surface area contributed by atoms with E-state index in [1.165, 1.54) is 24.2 Å². The zero-order chi connectivity index (χ0) is 13.2. The van der Waals surface area contributed by atoms with Crippen LogP contribution in [0.2, 0.25) is 0 Å². The van der Waals surface area contributed by atoms with E-state index in [1.807, 2.05) is 0 Å². The van der Waals surface area contributed by atoms with Crippen LogP contribution < -0.4 is 5.73 Å². The SMILES string of the molecule is CC(C)C1CCC(CN)(C(O)c2cncs2)CC1. The molecule has 0 aliphatic heterocycles. The minimum atomic E-state index is -0.442. The summed E-state index contributed by atoms with van der Waals surface area (Å²) in [5.41, 5.74) is 7.64. The van der Waals surface area contributed by atoms with Gasteiger partial charge in [-0.3, -0.25) is 4.98 Å². The zero-order valence-electron chi connectivity index (χ0n) is 11.3. The molecule has 1 fully saturated rings. The second-order valence-corrected chi connectivity index (χ2v) is 6.87. The monoisotopic (exact) mass is 268 g/mol. The number of aliphatic hydroxyl groups is 1. The van der Waals surface area contributed by atoms with Crippen molar-refractivity contribution in [3.05, 3.63) is 16.6 Å². The molecule has 3 N–H and O–H groups in total.